The lowest BCUT2D eigenvalue weighted by molar-refractivity contribution is -0.130. The zero-order valence-electron chi connectivity index (χ0n) is 17.3. The molecule has 1 fully saturated rings. The molecule has 8 nitrogen and oxygen atoms in total. The number of benzene rings is 2. The fraction of sp³-hybridized carbons (Fsp3) is 0.318. The Balaban J connectivity index is 1.55. The van der Waals surface area contributed by atoms with E-state index in [2.05, 4.69) is 5.32 Å². The van der Waals surface area contributed by atoms with Crippen molar-refractivity contribution < 1.29 is 23.9 Å². The summed E-state index contributed by atoms with van der Waals surface area (Å²) in [7, 11) is 4.90. The van der Waals surface area contributed by atoms with E-state index in [9.17, 15) is 14.4 Å². The number of nitrogens with one attached hydrogen (secondary N) is 1. The molecule has 1 aliphatic rings. The molecular formula is C22H25N3O5. The van der Waals surface area contributed by atoms with Crippen LogP contribution in [0.15, 0.2) is 48.5 Å². The van der Waals surface area contributed by atoms with Crippen molar-refractivity contribution in [1.82, 2.24) is 4.90 Å². The molecule has 0 bridgehead atoms. The number of hydrogen-bond donors (Lipinski definition) is 1. The zero-order valence-corrected chi connectivity index (χ0v) is 17.3. The lowest BCUT2D eigenvalue weighted by Crippen LogP contribution is -2.28. The summed E-state index contributed by atoms with van der Waals surface area (Å²) in [4.78, 5) is 39.6. The van der Waals surface area contributed by atoms with Crippen molar-refractivity contribution in [2.45, 2.75) is 6.42 Å². The van der Waals surface area contributed by atoms with E-state index in [1.807, 2.05) is 0 Å². The summed E-state index contributed by atoms with van der Waals surface area (Å²) >= 11 is 0. The molecule has 0 saturated carbocycles. The first kappa shape index (κ1) is 21.2. The molecule has 1 aliphatic heterocycles. The summed E-state index contributed by atoms with van der Waals surface area (Å²) in [5.74, 6) is 0.362. The molecule has 1 N–H and O–H groups in total. The van der Waals surface area contributed by atoms with Gasteiger partial charge in [0.25, 0.3) is 5.91 Å². The number of carbonyl (C=O) groups is 3. The van der Waals surface area contributed by atoms with E-state index in [-0.39, 0.29) is 30.7 Å². The van der Waals surface area contributed by atoms with Gasteiger partial charge in [-0.15, -0.1) is 0 Å². The minimum absolute atomic E-state index is 0.0515. The van der Waals surface area contributed by atoms with Crippen molar-refractivity contribution in [2.75, 3.05) is 44.6 Å². The summed E-state index contributed by atoms with van der Waals surface area (Å²) in [6.45, 7) is 0.273. The molecule has 1 atom stereocenters. The Morgan fingerprint density at radius 3 is 2.30 bits per heavy atom. The van der Waals surface area contributed by atoms with Crippen LogP contribution >= 0.6 is 0 Å². The Kier molecular flexibility index (Phi) is 6.56. The number of amides is 3. The van der Waals surface area contributed by atoms with Crippen LogP contribution in [0.5, 0.6) is 11.5 Å². The molecule has 8 heteroatoms. The predicted molar refractivity (Wildman–Crippen MR) is 113 cm³/mol. The number of carbonyl (C=O) groups excluding carboxylic acids is 3. The molecule has 1 unspecified atom stereocenters. The van der Waals surface area contributed by atoms with Crippen LogP contribution < -0.4 is 19.7 Å². The summed E-state index contributed by atoms with van der Waals surface area (Å²) in [6, 6.07) is 13.9. The van der Waals surface area contributed by atoms with E-state index < -0.39 is 5.92 Å². The quantitative estimate of drug-likeness (QED) is 0.754. The van der Waals surface area contributed by atoms with Crippen molar-refractivity contribution in [3.05, 3.63) is 48.5 Å². The van der Waals surface area contributed by atoms with Crippen molar-refractivity contribution in [2.24, 2.45) is 5.92 Å². The van der Waals surface area contributed by atoms with Crippen molar-refractivity contribution in [1.29, 1.82) is 0 Å². The molecule has 1 heterocycles. The molecule has 3 amide bonds. The lowest BCUT2D eigenvalue weighted by atomic mass is 10.1. The maximum atomic E-state index is 12.6. The van der Waals surface area contributed by atoms with Gasteiger partial charge in [0.1, 0.15) is 11.5 Å². The van der Waals surface area contributed by atoms with E-state index in [0.717, 1.165) is 5.69 Å². The third kappa shape index (κ3) is 5.08. The first-order valence-corrected chi connectivity index (χ1v) is 9.55. The van der Waals surface area contributed by atoms with Gasteiger partial charge in [0.05, 0.1) is 13.0 Å². The summed E-state index contributed by atoms with van der Waals surface area (Å²) in [5.41, 5.74) is 1.34. The molecule has 0 aromatic heterocycles. The third-order valence-electron chi connectivity index (χ3n) is 4.86. The first-order valence-electron chi connectivity index (χ1n) is 9.55. The fourth-order valence-electron chi connectivity index (χ4n) is 3.05. The van der Waals surface area contributed by atoms with Gasteiger partial charge in [0.2, 0.25) is 11.8 Å². The Morgan fingerprint density at radius 1 is 1.07 bits per heavy atom. The highest BCUT2D eigenvalue weighted by molar-refractivity contribution is 6.03. The number of nitrogens with zero attached hydrogens (tertiary/aromatic N) is 2. The van der Waals surface area contributed by atoms with Gasteiger partial charge in [-0.2, -0.15) is 0 Å². The maximum absolute atomic E-state index is 12.6. The average Bonchev–Trinajstić information content (AvgIpc) is 3.14. The van der Waals surface area contributed by atoms with Gasteiger partial charge < -0.3 is 24.6 Å². The number of hydrogen-bond acceptors (Lipinski definition) is 5. The van der Waals surface area contributed by atoms with Crippen LogP contribution in [0.1, 0.15) is 6.42 Å². The number of methoxy groups -OCH3 is 1. The maximum Gasteiger partial charge on any atom is 0.259 e. The molecule has 0 radical (unpaired) electrons. The lowest BCUT2D eigenvalue weighted by Gasteiger charge is -2.17. The average molecular weight is 411 g/mol. The standard InChI is InChI=1S/C22H25N3O5/c1-24(2)21(27)14-30-19-8-4-16(5-9-19)23-22(28)15-12-20(26)25(13-15)17-6-10-18(29-3)11-7-17/h4-11,15H,12-14H2,1-3H3,(H,23,28). The van der Waals surface area contributed by atoms with Gasteiger partial charge in [-0.1, -0.05) is 0 Å². The molecule has 2 aromatic carbocycles. The molecule has 0 aliphatic carbocycles. The smallest absolute Gasteiger partial charge is 0.259 e. The van der Waals surface area contributed by atoms with E-state index in [0.29, 0.717) is 23.7 Å². The van der Waals surface area contributed by atoms with Crippen LogP contribution in [0, 0.1) is 5.92 Å². The minimum atomic E-state index is -0.437. The van der Waals surface area contributed by atoms with Gasteiger partial charge in [0.15, 0.2) is 6.61 Å². The topological polar surface area (TPSA) is 88.2 Å². The van der Waals surface area contributed by atoms with Crippen LogP contribution in [0.4, 0.5) is 11.4 Å². The molecule has 0 spiro atoms. The van der Waals surface area contributed by atoms with Crippen LogP contribution in [-0.4, -0.2) is 57.0 Å². The molecule has 1 saturated heterocycles. The monoisotopic (exact) mass is 411 g/mol. The highest BCUT2D eigenvalue weighted by atomic mass is 16.5. The van der Waals surface area contributed by atoms with Gasteiger partial charge in [-0.25, -0.2) is 0 Å². The van der Waals surface area contributed by atoms with Crippen molar-refractivity contribution in [3.63, 3.8) is 0 Å². The summed E-state index contributed by atoms with van der Waals surface area (Å²) in [6.07, 6.45) is 0.158. The van der Waals surface area contributed by atoms with Crippen LogP contribution in [0.25, 0.3) is 0 Å². The number of anilines is 2. The summed E-state index contributed by atoms with van der Waals surface area (Å²) in [5, 5.41) is 2.84. The fourth-order valence-corrected chi connectivity index (χ4v) is 3.05. The van der Waals surface area contributed by atoms with Gasteiger partial charge in [0, 0.05) is 38.4 Å². The SMILES string of the molecule is COc1ccc(N2CC(C(=O)Nc3ccc(OCC(=O)N(C)C)cc3)CC2=O)cc1. The van der Waals surface area contributed by atoms with Crippen molar-refractivity contribution in [3.8, 4) is 11.5 Å². The second kappa shape index (κ2) is 9.30. The zero-order chi connectivity index (χ0) is 21.7. The van der Waals surface area contributed by atoms with Crippen LogP contribution in [0.2, 0.25) is 0 Å². The molecule has 158 valence electrons. The van der Waals surface area contributed by atoms with Gasteiger partial charge in [-0.3, -0.25) is 14.4 Å². The molecule has 3 rings (SSSR count). The second-order valence-corrected chi connectivity index (χ2v) is 7.19. The highest BCUT2D eigenvalue weighted by Gasteiger charge is 2.35. The molecule has 2 aromatic rings. The largest absolute Gasteiger partial charge is 0.497 e. The van der Waals surface area contributed by atoms with E-state index in [1.165, 1.54) is 4.90 Å². The summed E-state index contributed by atoms with van der Waals surface area (Å²) < 4.78 is 10.6. The van der Waals surface area contributed by atoms with E-state index in [4.69, 9.17) is 9.47 Å². The number of rotatable bonds is 7. The van der Waals surface area contributed by atoms with Crippen LogP contribution in [-0.2, 0) is 14.4 Å². The number of ether oxygens (including phenoxy) is 2. The Labute approximate surface area is 175 Å². The Hall–Kier alpha value is -3.55. The molecule has 30 heavy (non-hydrogen) atoms. The van der Waals surface area contributed by atoms with E-state index in [1.54, 1.807) is 74.6 Å². The predicted octanol–water partition coefficient (Wildman–Crippen LogP) is 2.15. The Bertz CT molecular complexity index is 909. The van der Waals surface area contributed by atoms with Gasteiger partial charge >= 0.3 is 0 Å². The van der Waals surface area contributed by atoms with E-state index >= 15 is 0 Å². The first-order chi connectivity index (χ1) is 14.4. The third-order valence-corrected chi connectivity index (χ3v) is 4.86. The van der Waals surface area contributed by atoms with Gasteiger partial charge in [-0.05, 0) is 48.5 Å². The Morgan fingerprint density at radius 2 is 1.70 bits per heavy atom. The minimum Gasteiger partial charge on any atom is -0.497 e. The van der Waals surface area contributed by atoms with Crippen LogP contribution in [0.3, 0.4) is 0 Å². The van der Waals surface area contributed by atoms with Crippen molar-refractivity contribution >= 4 is 29.1 Å². The highest BCUT2D eigenvalue weighted by Crippen LogP contribution is 2.27. The number of likely N-dealkylation sites (N-methyl/N-ethyl adjacent to an activating group) is 1. The molecular weight excluding hydrogens is 386 g/mol. The second-order valence-electron chi connectivity index (χ2n) is 7.19. The normalized spacial score (nSPS) is 15.6.